The number of amides is 3. The number of carbonyl (C=O) groups excluding carboxylic acids is 3. The van der Waals surface area contributed by atoms with Gasteiger partial charge in [0.25, 0.3) is 5.91 Å². The van der Waals surface area contributed by atoms with Crippen LogP contribution in [-0.2, 0) is 19.1 Å². The highest BCUT2D eigenvalue weighted by Crippen LogP contribution is 2.59. The van der Waals surface area contributed by atoms with Gasteiger partial charge in [0.1, 0.15) is 11.6 Å². The minimum atomic E-state index is -1.17. The first-order valence-corrected chi connectivity index (χ1v) is 14.4. The summed E-state index contributed by atoms with van der Waals surface area (Å²) in [6, 6.07) is 13.7. The van der Waals surface area contributed by atoms with Crippen molar-refractivity contribution in [2.45, 2.75) is 43.9 Å². The summed E-state index contributed by atoms with van der Waals surface area (Å²) in [5, 5.41) is 10.1. The second-order valence-electron chi connectivity index (χ2n) is 10.9. The van der Waals surface area contributed by atoms with Crippen molar-refractivity contribution in [3.05, 3.63) is 84.4 Å². The van der Waals surface area contributed by atoms with Crippen molar-refractivity contribution in [2.75, 3.05) is 36.0 Å². The number of halogens is 1. The standard InChI is InChI=1S/C32H36ClN3O5/c1-4-17-34(22-12-7-6-8-13-22)29(38)25-24-15-16-32(41-24)26(25)30(39)36(19-10-20-37)28(32)31(40)35(18-5-2)27-21(3)11-9-14-23(27)33/h4-9,11-14,24-26,28,37H,1-2,10,15-20H2,3H3/t24-,25+,26+,28?,32?/m1/s1. The molecule has 3 amide bonds. The number of fused-ring (bicyclic) bond motifs is 1. The van der Waals surface area contributed by atoms with Crippen LogP contribution in [0.25, 0.3) is 0 Å². The van der Waals surface area contributed by atoms with Crippen LogP contribution in [0.5, 0.6) is 0 Å². The van der Waals surface area contributed by atoms with Gasteiger partial charge in [-0.25, -0.2) is 0 Å². The Morgan fingerprint density at radius 3 is 2.46 bits per heavy atom. The van der Waals surface area contributed by atoms with Gasteiger partial charge in [-0.1, -0.05) is 54.1 Å². The molecule has 5 rings (SSSR count). The highest BCUT2D eigenvalue weighted by molar-refractivity contribution is 6.34. The molecule has 3 fully saturated rings. The van der Waals surface area contributed by atoms with Gasteiger partial charge in [0, 0.05) is 31.9 Å². The van der Waals surface area contributed by atoms with Gasteiger partial charge >= 0.3 is 0 Å². The number of anilines is 2. The second kappa shape index (κ2) is 11.8. The van der Waals surface area contributed by atoms with Crippen molar-refractivity contribution in [3.63, 3.8) is 0 Å². The molecule has 5 atom stereocenters. The number of aliphatic hydroxyl groups excluding tert-OH is 1. The van der Waals surface area contributed by atoms with Crippen LogP contribution in [0.2, 0.25) is 5.02 Å². The van der Waals surface area contributed by atoms with Gasteiger partial charge in [-0.2, -0.15) is 0 Å². The minimum absolute atomic E-state index is 0.144. The molecule has 8 nitrogen and oxygen atoms in total. The number of hydrogen-bond acceptors (Lipinski definition) is 5. The van der Waals surface area contributed by atoms with Gasteiger partial charge in [-0.05, 0) is 49.9 Å². The lowest BCUT2D eigenvalue weighted by Gasteiger charge is -2.37. The first-order chi connectivity index (χ1) is 19.8. The molecule has 2 bridgehead atoms. The molecule has 3 heterocycles. The summed E-state index contributed by atoms with van der Waals surface area (Å²) in [6.07, 6.45) is 4.11. The Morgan fingerprint density at radius 1 is 1.10 bits per heavy atom. The van der Waals surface area contributed by atoms with E-state index in [9.17, 15) is 19.5 Å². The Kier molecular flexibility index (Phi) is 8.36. The molecule has 2 aromatic rings. The third-order valence-electron chi connectivity index (χ3n) is 8.56. The zero-order valence-electron chi connectivity index (χ0n) is 23.2. The molecule has 0 aliphatic carbocycles. The minimum Gasteiger partial charge on any atom is -0.396 e. The number of nitrogens with zero attached hydrogens (tertiary/aromatic N) is 3. The van der Waals surface area contributed by atoms with Crippen LogP contribution >= 0.6 is 11.6 Å². The highest BCUT2D eigenvalue weighted by Gasteiger charge is 2.75. The van der Waals surface area contributed by atoms with Gasteiger partial charge in [-0.15, -0.1) is 13.2 Å². The molecule has 216 valence electrons. The molecule has 0 radical (unpaired) electrons. The van der Waals surface area contributed by atoms with Gasteiger partial charge in [-0.3, -0.25) is 14.4 Å². The van der Waals surface area contributed by atoms with E-state index in [4.69, 9.17) is 16.3 Å². The van der Waals surface area contributed by atoms with Crippen LogP contribution in [0.4, 0.5) is 11.4 Å². The van der Waals surface area contributed by atoms with Gasteiger partial charge in [0.05, 0.1) is 28.6 Å². The molecule has 1 spiro atoms. The van der Waals surface area contributed by atoms with E-state index in [-0.39, 0.29) is 44.0 Å². The third kappa shape index (κ3) is 4.78. The molecular formula is C32H36ClN3O5. The van der Waals surface area contributed by atoms with E-state index in [0.29, 0.717) is 35.7 Å². The zero-order valence-corrected chi connectivity index (χ0v) is 24.0. The highest BCUT2D eigenvalue weighted by atomic mass is 35.5. The van der Waals surface area contributed by atoms with Crippen LogP contribution in [0.3, 0.4) is 0 Å². The molecule has 3 saturated heterocycles. The van der Waals surface area contributed by atoms with Crippen molar-refractivity contribution in [1.82, 2.24) is 4.90 Å². The Labute approximate surface area is 245 Å². The van der Waals surface area contributed by atoms with E-state index in [0.717, 1.165) is 5.56 Å². The summed E-state index contributed by atoms with van der Waals surface area (Å²) in [5.74, 6) is -2.43. The molecule has 2 aromatic carbocycles. The van der Waals surface area contributed by atoms with Gasteiger partial charge in [0.2, 0.25) is 11.8 Å². The maximum Gasteiger partial charge on any atom is 0.253 e. The van der Waals surface area contributed by atoms with E-state index in [2.05, 4.69) is 13.2 Å². The predicted molar refractivity (Wildman–Crippen MR) is 159 cm³/mol. The number of benzene rings is 2. The van der Waals surface area contributed by atoms with Gasteiger partial charge < -0.3 is 24.5 Å². The van der Waals surface area contributed by atoms with Crippen molar-refractivity contribution >= 4 is 40.7 Å². The first kappa shape index (κ1) is 29.0. The average molecular weight is 578 g/mol. The molecule has 1 N–H and O–H groups in total. The Morgan fingerprint density at radius 2 is 1.80 bits per heavy atom. The number of aliphatic hydroxyl groups is 1. The van der Waals surface area contributed by atoms with E-state index < -0.39 is 29.6 Å². The predicted octanol–water partition coefficient (Wildman–Crippen LogP) is 4.14. The van der Waals surface area contributed by atoms with Crippen molar-refractivity contribution in [2.24, 2.45) is 11.8 Å². The van der Waals surface area contributed by atoms with E-state index in [1.807, 2.05) is 49.4 Å². The van der Waals surface area contributed by atoms with Crippen LogP contribution in [0.15, 0.2) is 73.8 Å². The summed E-state index contributed by atoms with van der Waals surface area (Å²) in [6.45, 7) is 10.0. The first-order valence-electron chi connectivity index (χ1n) is 14.0. The quantitative estimate of drug-likeness (QED) is 0.405. The Hall–Kier alpha value is -3.46. The fourth-order valence-electron chi connectivity index (χ4n) is 6.97. The zero-order chi connectivity index (χ0) is 29.3. The summed E-state index contributed by atoms with van der Waals surface area (Å²) in [7, 11) is 0. The molecule has 2 unspecified atom stereocenters. The van der Waals surface area contributed by atoms with Crippen molar-refractivity contribution < 1.29 is 24.2 Å². The number of hydrogen-bond donors (Lipinski definition) is 1. The number of likely N-dealkylation sites (tertiary alicyclic amines) is 1. The molecular weight excluding hydrogens is 542 g/mol. The summed E-state index contributed by atoms with van der Waals surface area (Å²) < 4.78 is 6.62. The second-order valence-corrected chi connectivity index (χ2v) is 11.3. The van der Waals surface area contributed by atoms with Crippen LogP contribution < -0.4 is 9.80 Å². The summed E-state index contributed by atoms with van der Waals surface area (Å²) in [5.41, 5.74) is 0.894. The Bertz CT molecular complexity index is 1330. The normalized spacial score (nSPS) is 26.1. The molecule has 41 heavy (non-hydrogen) atoms. The van der Waals surface area contributed by atoms with Gasteiger partial charge in [0.15, 0.2) is 0 Å². The number of para-hydroxylation sites is 2. The van der Waals surface area contributed by atoms with E-state index >= 15 is 0 Å². The average Bonchev–Trinajstić information content (AvgIpc) is 3.61. The largest absolute Gasteiger partial charge is 0.396 e. The molecule has 3 aliphatic heterocycles. The summed E-state index contributed by atoms with van der Waals surface area (Å²) in [4.78, 5) is 47.8. The lowest BCUT2D eigenvalue weighted by molar-refractivity contribution is -0.141. The maximum absolute atomic E-state index is 14.6. The Balaban J connectivity index is 1.57. The smallest absolute Gasteiger partial charge is 0.253 e. The fraction of sp³-hybridized carbons (Fsp3) is 0.406. The maximum atomic E-state index is 14.6. The number of ether oxygens (including phenoxy) is 1. The molecule has 0 aromatic heterocycles. The molecule has 0 saturated carbocycles. The van der Waals surface area contributed by atoms with Crippen LogP contribution in [0, 0.1) is 18.8 Å². The SMILES string of the molecule is C=CCN(C(=O)[C@@H]1[C@H]2C(=O)N(CCCO)C(C(=O)N(CC=C)c3c(C)cccc3Cl)C23CC[C@H]1O3)c1ccccc1. The third-order valence-corrected chi connectivity index (χ3v) is 8.86. The number of rotatable bonds is 11. The van der Waals surface area contributed by atoms with Crippen LogP contribution in [0.1, 0.15) is 24.8 Å². The number of carbonyl (C=O) groups is 3. The fourth-order valence-corrected chi connectivity index (χ4v) is 7.29. The number of aryl methyl sites for hydroxylation is 1. The summed E-state index contributed by atoms with van der Waals surface area (Å²) >= 11 is 6.60. The van der Waals surface area contributed by atoms with Crippen molar-refractivity contribution in [3.8, 4) is 0 Å². The van der Waals surface area contributed by atoms with Crippen LogP contribution in [-0.4, -0.2) is 71.7 Å². The molecule has 3 aliphatic rings. The topological polar surface area (TPSA) is 90.4 Å². The van der Waals surface area contributed by atoms with E-state index in [1.54, 1.807) is 28.0 Å². The van der Waals surface area contributed by atoms with Crippen molar-refractivity contribution in [1.29, 1.82) is 0 Å². The van der Waals surface area contributed by atoms with E-state index in [1.165, 1.54) is 4.90 Å². The lowest BCUT2D eigenvalue weighted by atomic mass is 9.70. The monoisotopic (exact) mass is 577 g/mol. The lowest BCUT2D eigenvalue weighted by Crippen LogP contribution is -2.57. The molecule has 9 heteroatoms.